The zero-order valence-electron chi connectivity index (χ0n) is 13.1. The average Bonchev–Trinajstić information content (AvgIpc) is 3.02. The Labute approximate surface area is 131 Å². The largest absolute Gasteiger partial charge is 0.338 e. The topological polar surface area (TPSA) is 61.4 Å². The lowest BCUT2D eigenvalue weighted by Crippen LogP contribution is -2.49. The Morgan fingerprint density at radius 3 is 2.36 bits per heavy atom. The molecule has 5 nitrogen and oxygen atoms in total. The number of urea groups is 1. The van der Waals surface area contributed by atoms with Crippen LogP contribution in [-0.2, 0) is 17.6 Å². The van der Waals surface area contributed by atoms with Crippen LogP contribution in [0.5, 0.6) is 0 Å². The highest BCUT2D eigenvalue weighted by atomic mass is 16.2. The number of carbonyl (C=O) groups is 2. The maximum absolute atomic E-state index is 12.2. The van der Waals surface area contributed by atoms with E-state index in [1.165, 1.54) is 11.1 Å². The Hall–Kier alpha value is -2.04. The maximum Gasteiger partial charge on any atom is 0.315 e. The fourth-order valence-electron chi connectivity index (χ4n) is 3.39. The van der Waals surface area contributed by atoms with Gasteiger partial charge in [0, 0.05) is 18.6 Å². The molecule has 0 bridgehead atoms. The Bertz CT molecular complexity index is 560. The summed E-state index contributed by atoms with van der Waals surface area (Å²) >= 11 is 0. The lowest BCUT2D eigenvalue weighted by molar-refractivity contribution is -0.130. The molecule has 1 fully saturated rings. The molecule has 5 heteroatoms. The van der Waals surface area contributed by atoms with E-state index in [4.69, 9.17) is 0 Å². The molecule has 2 aliphatic rings. The van der Waals surface area contributed by atoms with Crippen LogP contribution < -0.4 is 10.6 Å². The molecule has 0 unspecified atom stereocenters. The van der Waals surface area contributed by atoms with Crippen LogP contribution >= 0.6 is 0 Å². The van der Waals surface area contributed by atoms with Gasteiger partial charge in [0.25, 0.3) is 0 Å². The Balaban J connectivity index is 1.51. The number of likely N-dealkylation sites (tertiary alicyclic amines) is 1. The first kappa shape index (κ1) is 14.9. The summed E-state index contributed by atoms with van der Waals surface area (Å²) < 4.78 is 0. The Morgan fingerprint density at radius 1 is 1.18 bits per heavy atom. The van der Waals surface area contributed by atoms with Crippen LogP contribution in [0.15, 0.2) is 24.3 Å². The van der Waals surface area contributed by atoms with Gasteiger partial charge in [0.15, 0.2) is 0 Å². The molecular formula is C17H23N3O2. The summed E-state index contributed by atoms with van der Waals surface area (Å²) in [5, 5.41) is 5.82. The van der Waals surface area contributed by atoms with Crippen LogP contribution in [-0.4, -0.2) is 41.5 Å². The van der Waals surface area contributed by atoms with Gasteiger partial charge in [-0.05, 0) is 44.2 Å². The molecule has 1 heterocycles. The molecule has 2 N–H and O–H groups in total. The van der Waals surface area contributed by atoms with Crippen LogP contribution in [0.1, 0.15) is 31.4 Å². The third kappa shape index (κ3) is 2.93. The smallest absolute Gasteiger partial charge is 0.315 e. The third-order valence-electron chi connectivity index (χ3n) is 4.55. The summed E-state index contributed by atoms with van der Waals surface area (Å²) in [6, 6.07) is 7.96. The van der Waals surface area contributed by atoms with Crippen molar-refractivity contribution in [2.24, 2.45) is 0 Å². The molecule has 0 aromatic heterocycles. The summed E-state index contributed by atoms with van der Waals surface area (Å²) in [4.78, 5) is 26.1. The molecule has 22 heavy (non-hydrogen) atoms. The number of nitrogens with one attached hydrogen (secondary N) is 2. The predicted octanol–water partition coefficient (Wildman–Crippen LogP) is 1.46. The SMILES string of the molecule is CC(C)N1CC[C@H](NC(=O)NC2Cc3ccccc3C2)C1=O. The van der Waals surface area contributed by atoms with Gasteiger partial charge in [-0.25, -0.2) is 4.79 Å². The molecule has 1 aromatic rings. The first-order chi connectivity index (χ1) is 10.5. The minimum atomic E-state index is -0.383. The van der Waals surface area contributed by atoms with E-state index in [2.05, 4.69) is 22.8 Å². The molecule has 0 radical (unpaired) electrons. The summed E-state index contributed by atoms with van der Waals surface area (Å²) in [5.74, 6) is 0.0276. The second kappa shape index (κ2) is 5.99. The van der Waals surface area contributed by atoms with E-state index in [0.29, 0.717) is 6.42 Å². The standard InChI is InChI=1S/C17H23N3O2/c1-11(2)20-8-7-15(16(20)21)19-17(22)18-14-9-12-5-3-4-6-13(12)10-14/h3-6,11,14-15H,7-10H2,1-2H3,(H2,18,19,22)/t15-/m0/s1. The van der Waals surface area contributed by atoms with Gasteiger partial charge in [-0.3, -0.25) is 4.79 Å². The minimum Gasteiger partial charge on any atom is -0.338 e. The molecule has 0 spiro atoms. The molecule has 1 atom stereocenters. The van der Waals surface area contributed by atoms with Crippen molar-refractivity contribution >= 4 is 11.9 Å². The molecule has 0 saturated carbocycles. The summed E-state index contributed by atoms with van der Waals surface area (Å²) in [5.41, 5.74) is 2.60. The van der Waals surface area contributed by atoms with E-state index < -0.39 is 0 Å². The first-order valence-corrected chi connectivity index (χ1v) is 7.99. The number of hydrogen-bond acceptors (Lipinski definition) is 2. The van der Waals surface area contributed by atoms with Crippen molar-refractivity contribution in [3.8, 4) is 0 Å². The average molecular weight is 301 g/mol. The summed E-state index contributed by atoms with van der Waals surface area (Å²) in [7, 11) is 0. The third-order valence-corrected chi connectivity index (χ3v) is 4.55. The molecule has 1 saturated heterocycles. The number of carbonyl (C=O) groups excluding carboxylic acids is 2. The zero-order valence-corrected chi connectivity index (χ0v) is 13.1. The second-order valence-corrected chi connectivity index (χ2v) is 6.46. The van der Waals surface area contributed by atoms with E-state index in [0.717, 1.165) is 19.4 Å². The summed E-state index contributed by atoms with van der Waals surface area (Å²) in [6.45, 7) is 4.71. The maximum atomic E-state index is 12.2. The molecule has 1 aliphatic carbocycles. The zero-order chi connectivity index (χ0) is 15.7. The van der Waals surface area contributed by atoms with E-state index in [-0.39, 0.29) is 30.1 Å². The number of rotatable bonds is 3. The van der Waals surface area contributed by atoms with Gasteiger partial charge >= 0.3 is 6.03 Å². The van der Waals surface area contributed by atoms with Gasteiger partial charge in [-0.2, -0.15) is 0 Å². The van der Waals surface area contributed by atoms with Crippen molar-refractivity contribution < 1.29 is 9.59 Å². The van der Waals surface area contributed by atoms with Crippen LogP contribution in [0.2, 0.25) is 0 Å². The Kier molecular flexibility index (Phi) is 4.05. The molecule has 3 amide bonds. The van der Waals surface area contributed by atoms with Crippen LogP contribution in [0.4, 0.5) is 4.79 Å². The van der Waals surface area contributed by atoms with Crippen LogP contribution in [0.3, 0.4) is 0 Å². The lowest BCUT2D eigenvalue weighted by Gasteiger charge is -2.21. The van der Waals surface area contributed by atoms with Crippen LogP contribution in [0.25, 0.3) is 0 Å². The molecule has 1 aliphatic heterocycles. The minimum absolute atomic E-state index is 0.0276. The highest BCUT2D eigenvalue weighted by molar-refractivity contribution is 5.88. The fraction of sp³-hybridized carbons (Fsp3) is 0.529. The lowest BCUT2D eigenvalue weighted by atomic mass is 10.1. The van der Waals surface area contributed by atoms with Gasteiger partial charge in [-0.15, -0.1) is 0 Å². The van der Waals surface area contributed by atoms with E-state index in [9.17, 15) is 9.59 Å². The number of amides is 3. The van der Waals surface area contributed by atoms with Gasteiger partial charge < -0.3 is 15.5 Å². The van der Waals surface area contributed by atoms with Gasteiger partial charge in [0.2, 0.25) is 5.91 Å². The van der Waals surface area contributed by atoms with Crippen molar-refractivity contribution in [2.75, 3.05) is 6.54 Å². The highest BCUT2D eigenvalue weighted by Crippen LogP contribution is 2.21. The van der Waals surface area contributed by atoms with Crippen molar-refractivity contribution in [3.63, 3.8) is 0 Å². The van der Waals surface area contributed by atoms with Crippen LogP contribution in [0, 0.1) is 0 Å². The monoisotopic (exact) mass is 301 g/mol. The number of benzene rings is 1. The van der Waals surface area contributed by atoms with Gasteiger partial charge in [-0.1, -0.05) is 24.3 Å². The normalized spacial score (nSPS) is 21.3. The first-order valence-electron chi connectivity index (χ1n) is 7.99. The van der Waals surface area contributed by atoms with Gasteiger partial charge in [0.1, 0.15) is 6.04 Å². The van der Waals surface area contributed by atoms with Gasteiger partial charge in [0.05, 0.1) is 0 Å². The molecule has 118 valence electrons. The number of fused-ring (bicyclic) bond motifs is 1. The molecule has 1 aromatic carbocycles. The van der Waals surface area contributed by atoms with Crippen molar-refractivity contribution in [2.45, 2.75) is 51.2 Å². The summed E-state index contributed by atoms with van der Waals surface area (Å²) in [6.07, 6.45) is 2.41. The highest BCUT2D eigenvalue weighted by Gasteiger charge is 2.34. The molecule has 3 rings (SSSR count). The number of hydrogen-bond donors (Lipinski definition) is 2. The predicted molar refractivity (Wildman–Crippen MR) is 84.6 cm³/mol. The van der Waals surface area contributed by atoms with E-state index in [1.807, 2.05) is 30.9 Å². The van der Waals surface area contributed by atoms with E-state index >= 15 is 0 Å². The van der Waals surface area contributed by atoms with Crippen molar-refractivity contribution in [1.82, 2.24) is 15.5 Å². The van der Waals surface area contributed by atoms with Crippen molar-refractivity contribution in [1.29, 1.82) is 0 Å². The number of nitrogens with zero attached hydrogens (tertiary/aromatic N) is 1. The second-order valence-electron chi connectivity index (χ2n) is 6.46. The van der Waals surface area contributed by atoms with E-state index in [1.54, 1.807) is 0 Å². The van der Waals surface area contributed by atoms with Crippen molar-refractivity contribution in [3.05, 3.63) is 35.4 Å². The Morgan fingerprint density at radius 2 is 1.82 bits per heavy atom. The quantitative estimate of drug-likeness (QED) is 0.888. The fourth-order valence-corrected chi connectivity index (χ4v) is 3.39. The molecular weight excluding hydrogens is 278 g/mol.